The van der Waals surface area contributed by atoms with Gasteiger partial charge >= 0.3 is 0 Å². The molecule has 0 aliphatic carbocycles. The Hall–Kier alpha value is -1.23. The lowest BCUT2D eigenvalue weighted by molar-refractivity contribution is 0.637. The summed E-state index contributed by atoms with van der Waals surface area (Å²) in [6.07, 6.45) is 1.93. The SMILES string of the molecule is Cc1cccc(Cn2cc(C(C)Br)nn2)n1. The molecular formula is C11H13BrN4. The van der Waals surface area contributed by atoms with E-state index in [-0.39, 0.29) is 4.83 Å². The zero-order valence-corrected chi connectivity index (χ0v) is 10.8. The molecule has 0 aromatic carbocycles. The second-order valence-corrected chi connectivity index (χ2v) is 5.10. The minimum Gasteiger partial charge on any atom is -0.256 e. The van der Waals surface area contributed by atoms with Crippen LogP contribution in [-0.4, -0.2) is 20.0 Å². The molecule has 2 aromatic rings. The van der Waals surface area contributed by atoms with Crippen molar-refractivity contribution in [3.63, 3.8) is 0 Å². The Bertz CT molecular complexity index is 478. The van der Waals surface area contributed by atoms with Gasteiger partial charge in [-0.3, -0.25) is 4.98 Å². The Labute approximate surface area is 103 Å². The summed E-state index contributed by atoms with van der Waals surface area (Å²) in [5.74, 6) is 0. The molecule has 0 aliphatic rings. The monoisotopic (exact) mass is 280 g/mol. The highest BCUT2D eigenvalue weighted by Gasteiger charge is 2.06. The maximum absolute atomic E-state index is 4.42. The average molecular weight is 281 g/mol. The molecule has 2 aromatic heterocycles. The maximum atomic E-state index is 4.42. The van der Waals surface area contributed by atoms with Crippen molar-refractivity contribution in [1.29, 1.82) is 0 Å². The van der Waals surface area contributed by atoms with Crippen LogP contribution in [0, 0.1) is 6.92 Å². The first-order valence-corrected chi connectivity index (χ1v) is 6.03. The molecular weight excluding hydrogens is 268 g/mol. The van der Waals surface area contributed by atoms with Crippen molar-refractivity contribution < 1.29 is 0 Å². The van der Waals surface area contributed by atoms with E-state index in [1.807, 2.05) is 38.2 Å². The molecule has 2 rings (SSSR count). The molecule has 84 valence electrons. The lowest BCUT2D eigenvalue weighted by atomic mass is 10.3. The lowest BCUT2D eigenvalue weighted by Crippen LogP contribution is -2.03. The van der Waals surface area contributed by atoms with Crippen molar-refractivity contribution in [2.24, 2.45) is 0 Å². The standard InChI is InChI=1S/C11H13BrN4/c1-8-4-3-5-10(13-8)6-16-7-11(9(2)12)14-15-16/h3-5,7,9H,6H2,1-2H3. The van der Waals surface area contributed by atoms with E-state index >= 15 is 0 Å². The van der Waals surface area contributed by atoms with Gasteiger partial charge in [-0.15, -0.1) is 5.10 Å². The fraction of sp³-hybridized carbons (Fsp3) is 0.364. The van der Waals surface area contributed by atoms with Crippen molar-refractivity contribution in [3.05, 3.63) is 41.5 Å². The van der Waals surface area contributed by atoms with E-state index in [0.717, 1.165) is 17.1 Å². The summed E-state index contributed by atoms with van der Waals surface area (Å²) in [4.78, 5) is 4.65. The van der Waals surface area contributed by atoms with Gasteiger partial charge < -0.3 is 0 Å². The molecule has 1 unspecified atom stereocenters. The van der Waals surface area contributed by atoms with Crippen LogP contribution < -0.4 is 0 Å². The van der Waals surface area contributed by atoms with Gasteiger partial charge in [0.1, 0.15) is 0 Å². The van der Waals surface area contributed by atoms with E-state index in [1.165, 1.54) is 0 Å². The molecule has 0 radical (unpaired) electrons. The summed E-state index contributed by atoms with van der Waals surface area (Å²) in [6.45, 7) is 4.67. The number of hydrogen-bond donors (Lipinski definition) is 0. The number of aromatic nitrogens is 4. The Morgan fingerprint density at radius 1 is 1.44 bits per heavy atom. The van der Waals surface area contributed by atoms with Crippen LogP contribution in [0.1, 0.15) is 28.8 Å². The summed E-state index contributed by atoms with van der Waals surface area (Å²) < 4.78 is 1.80. The molecule has 5 heteroatoms. The zero-order valence-electron chi connectivity index (χ0n) is 9.26. The fourth-order valence-corrected chi connectivity index (χ4v) is 1.64. The van der Waals surface area contributed by atoms with E-state index in [0.29, 0.717) is 6.54 Å². The first kappa shape index (κ1) is 11.3. The summed E-state index contributed by atoms with van der Waals surface area (Å²) in [6, 6.07) is 5.98. The molecule has 4 nitrogen and oxygen atoms in total. The molecule has 16 heavy (non-hydrogen) atoms. The third-order valence-electron chi connectivity index (χ3n) is 2.23. The quantitative estimate of drug-likeness (QED) is 0.812. The lowest BCUT2D eigenvalue weighted by Gasteiger charge is -2.00. The number of aryl methyl sites for hydroxylation is 1. The van der Waals surface area contributed by atoms with Gasteiger partial charge in [0.15, 0.2) is 0 Å². The van der Waals surface area contributed by atoms with Crippen LogP contribution in [0.5, 0.6) is 0 Å². The highest BCUT2D eigenvalue weighted by molar-refractivity contribution is 9.09. The van der Waals surface area contributed by atoms with Crippen molar-refractivity contribution in [3.8, 4) is 0 Å². The van der Waals surface area contributed by atoms with Crippen LogP contribution in [-0.2, 0) is 6.54 Å². The van der Waals surface area contributed by atoms with Crippen LogP contribution >= 0.6 is 15.9 Å². The van der Waals surface area contributed by atoms with Gasteiger partial charge in [0, 0.05) is 5.69 Å². The molecule has 0 aliphatic heterocycles. The van der Waals surface area contributed by atoms with Crippen molar-refractivity contribution in [2.45, 2.75) is 25.2 Å². The van der Waals surface area contributed by atoms with E-state index in [2.05, 4.69) is 31.2 Å². The minimum absolute atomic E-state index is 0.228. The number of rotatable bonds is 3. The van der Waals surface area contributed by atoms with Crippen molar-refractivity contribution in [2.75, 3.05) is 0 Å². The van der Waals surface area contributed by atoms with Crippen molar-refractivity contribution >= 4 is 15.9 Å². The first-order valence-electron chi connectivity index (χ1n) is 5.12. The topological polar surface area (TPSA) is 43.6 Å². The largest absolute Gasteiger partial charge is 0.256 e. The van der Waals surface area contributed by atoms with Crippen LogP contribution in [0.25, 0.3) is 0 Å². The Balaban J connectivity index is 2.14. The van der Waals surface area contributed by atoms with Crippen LogP contribution in [0.4, 0.5) is 0 Å². The van der Waals surface area contributed by atoms with Crippen LogP contribution in [0.2, 0.25) is 0 Å². The molecule has 0 amide bonds. The molecule has 0 spiro atoms. The summed E-state index contributed by atoms with van der Waals surface area (Å²) >= 11 is 3.46. The average Bonchev–Trinajstić information content (AvgIpc) is 2.66. The molecule has 0 bridgehead atoms. The second kappa shape index (κ2) is 4.74. The minimum atomic E-state index is 0.228. The molecule has 2 heterocycles. The first-order chi connectivity index (χ1) is 7.65. The van der Waals surface area contributed by atoms with E-state index in [4.69, 9.17) is 0 Å². The number of alkyl halides is 1. The Morgan fingerprint density at radius 3 is 2.88 bits per heavy atom. The van der Waals surface area contributed by atoms with Gasteiger partial charge in [-0.1, -0.05) is 27.2 Å². The van der Waals surface area contributed by atoms with Crippen LogP contribution in [0.15, 0.2) is 24.4 Å². The smallest absolute Gasteiger partial charge is 0.0960 e. The Kier molecular flexibility index (Phi) is 3.33. The van der Waals surface area contributed by atoms with E-state index in [9.17, 15) is 0 Å². The fourth-order valence-electron chi connectivity index (χ4n) is 1.43. The molecule has 0 fully saturated rings. The maximum Gasteiger partial charge on any atom is 0.0960 e. The van der Waals surface area contributed by atoms with Crippen molar-refractivity contribution in [1.82, 2.24) is 20.0 Å². The van der Waals surface area contributed by atoms with E-state index in [1.54, 1.807) is 4.68 Å². The second-order valence-electron chi connectivity index (χ2n) is 3.73. The van der Waals surface area contributed by atoms with Gasteiger partial charge in [-0.05, 0) is 26.0 Å². The molecule has 0 N–H and O–H groups in total. The van der Waals surface area contributed by atoms with Gasteiger partial charge in [-0.2, -0.15) is 0 Å². The zero-order chi connectivity index (χ0) is 11.5. The van der Waals surface area contributed by atoms with Crippen LogP contribution in [0.3, 0.4) is 0 Å². The normalized spacial score (nSPS) is 12.7. The number of hydrogen-bond acceptors (Lipinski definition) is 3. The summed E-state index contributed by atoms with van der Waals surface area (Å²) in [5.41, 5.74) is 2.96. The third-order valence-corrected chi connectivity index (χ3v) is 2.70. The summed E-state index contributed by atoms with van der Waals surface area (Å²) in [7, 11) is 0. The van der Waals surface area contributed by atoms with Gasteiger partial charge in [0.25, 0.3) is 0 Å². The van der Waals surface area contributed by atoms with E-state index < -0.39 is 0 Å². The third kappa shape index (κ3) is 2.66. The predicted octanol–water partition coefficient (Wildman–Crippen LogP) is 2.49. The predicted molar refractivity (Wildman–Crippen MR) is 65.4 cm³/mol. The molecule has 1 atom stereocenters. The summed E-state index contributed by atoms with van der Waals surface area (Å²) in [5, 5.41) is 8.13. The molecule has 0 saturated carbocycles. The molecule has 0 saturated heterocycles. The van der Waals surface area contributed by atoms with Gasteiger partial charge in [-0.25, -0.2) is 4.68 Å². The highest BCUT2D eigenvalue weighted by atomic mass is 79.9. The van der Waals surface area contributed by atoms with Gasteiger partial charge in [0.05, 0.1) is 29.0 Å². The highest BCUT2D eigenvalue weighted by Crippen LogP contribution is 2.18. The number of pyridine rings is 1. The van der Waals surface area contributed by atoms with Gasteiger partial charge in [0.2, 0.25) is 0 Å². The number of halogens is 1. The number of nitrogens with zero attached hydrogens (tertiary/aromatic N) is 4. The Morgan fingerprint density at radius 2 is 2.25 bits per heavy atom.